The summed E-state index contributed by atoms with van der Waals surface area (Å²) in [7, 11) is 0. The van der Waals surface area contributed by atoms with Crippen molar-refractivity contribution in [2.75, 3.05) is 32.8 Å². The third-order valence-electron chi connectivity index (χ3n) is 2.91. The molecule has 2 atom stereocenters. The average molecular weight is 201 g/mol. The van der Waals surface area contributed by atoms with Gasteiger partial charge in [-0.2, -0.15) is 0 Å². The van der Waals surface area contributed by atoms with Crippen molar-refractivity contribution in [2.45, 2.75) is 32.8 Å². The van der Waals surface area contributed by atoms with E-state index in [9.17, 15) is 5.11 Å². The highest BCUT2D eigenvalue weighted by atomic mass is 16.5. The number of hydrogen-bond donors (Lipinski definition) is 1. The van der Waals surface area contributed by atoms with Gasteiger partial charge in [0, 0.05) is 19.1 Å². The summed E-state index contributed by atoms with van der Waals surface area (Å²) >= 11 is 0. The molecule has 1 heterocycles. The first-order valence-corrected chi connectivity index (χ1v) is 5.76. The van der Waals surface area contributed by atoms with Crippen LogP contribution in [0.15, 0.2) is 0 Å². The molecule has 3 nitrogen and oxygen atoms in total. The fraction of sp³-hybridized carbons (Fsp3) is 1.00. The Balaban J connectivity index is 2.31. The molecule has 2 unspecified atom stereocenters. The highest BCUT2D eigenvalue weighted by Crippen LogP contribution is 2.16. The lowest BCUT2D eigenvalue weighted by atomic mass is 9.98. The van der Waals surface area contributed by atoms with E-state index in [2.05, 4.69) is 18.7 Å². The minimum Gasteiger partial charge on any atom is -0.393 e. The van der Waals surface area contributed by atoms with Crippen LogP contribution in [0, 0.1) is 5.92 Å². The molecule has 0 aromatic carbocycles. The van der Waals surface area contributed by atoms with Crippen LogP contribution in [0.2, 0.25) is 0 Å². The molecule has 0 saturated carbocycles. The largest absolute Gasteiger partial charge is 0.393 e. The number of nitrogens with zero attached hydrogens (tertiary/aromatic N) is 1. The van der Waals surface area contributed by atoms with Gasteiger partial charge in [-0.05, 0) is 25.9 Å². The van der Waals surface area contributed by atoms with Crippen molar-refractivity contribution in [1.82, 2.24) is 4.90 Å². The van der Waals surface area contributed by atoms with Crippen LogP contribution in [0.4, 0.5) is 0 Å². The predicted molar refractivity (Wildman–Crippen MR) is 57.3 cm³/mol. The highest BCUT2D eigenvalue weighted by molar-refractivity contribution is 4.75. The first kappa shape index (κ1) is 12.0. The van der Waals surface area contributed by atoms with E-state index in [1.54, 1.807) is 0 Å². The first-order chi connectivity index (χ1) is 6.77. The molecule has 3 heteroatoms. The molecule has 0 radical (unpaired) electrons. The average Bonchev–Trinajstić information content (AvgIpc) is 2.20. The van der Waals surface area contributed by atoms with Crippen LogP contribution < -0.4 is 0 Å². The lowest BCUT2D eigenvalue weighted by molar-refractivity contribution is -0.0461. The zero-order chi connectivity index (χ0) is 10.4. The van der Waals surface area contributed by atoms with Crippen LogP contribution in [-0.4, -0.2) is 49.0 Å². The Hall–Kier alpha value is -0.120. The van der Waals surface area contributed by atoms with Crippen molar-refractivity contribution in [3.8, 4) is 0 Å². The van der Waals surface area contributed by atoms with Crippen LogP contribution in [0.1, 0.15) is 26.7 Å². The predicted octanol–water partition coefficient (Wildman–Crippen LogP) is 1.12. The number of rotatable bonds is 5. The zero-order valence-electron chi connectivity index (χ0n) is 9.41. The maximum atomic E-state index is 9.77. The van der Waals surface area contributed by atoms with Crippen LogP contribution in [0.3, 0.4) is 0 Å². The van der Waals surface area contributed by atoms with Crippen molar-refractivity contribution < 1.29 is 9.84 Å². The Kier molecular flexibility index (Phi) is 5.45. The van der Waals surface area contributed by atoms with Crippen molar-refractivity contribution in [3.05, 3.63) is 0 Å². The van der Waals surface area contributed by atoms with Crippen LogP contribution >= 0.6 is 0 Å². The second kappa shape index (κ2) is 6.38. The fourth-order valence-electron chi connectivity index (χ4n) is 1.99. The molecule has 1 saturated heterocycles. The number of aliphatic hydroxyl groups is 1. The summed E-state index contributed by atoms with van der Waals surface area (Å²) in [6.07, 6.45) is 1.82. The van der Waals surface area contributed by atoms with Crippen LogP contribution in [0.5, 0.6) is 0 Å². The van der Waals surface area contributed by atoms with Crippen molar-refractivity contribution in [1.29, 1.82) is 0 Å². The van der Waals surface area contributed by atoms with Gasteiger partial charge < -0.3 is 14.7 Å². The maximum absolute atomic E-state index is 9.77. The van der Waals surface area contributed by atoms with Gasteiger partial charge in [0.2, 0.25) is 0 Å². The van der Waals surface area contributed by atoms with Crippen molar-refractivity contribution in [3.63, 3.8) is 0 Å². The number of aliphatic hydroxyl groups excluding tert-OH is 1. The third-order valence-corrected chi connectivity index (χ3v) is 2.91. The van der Waals surface area contributed by atoms with Gasteiger partial charge in [-0.3, -0.25) is 0 Å². The molecule has 1 fully saturated rings. The van der Waals surface area contributed by atoms with E-state index in [1.807, 2.05) is 0 Å². The molecular weight excluding hydrogens is 178 g/mol. The van der Waals surface area contributed by atoms with E-state index < -0.39 is 0 Å². The number of hydrogen-bond acceptors (Lipinski definition) is 3. The van der Waals surface area contributed by atoms with E-state index in [4.69, 9.17) is 4.74 Å². The number of ether oxygens (including phenoxy) is 1. The van der Waals surface area contributed by atoms with E-state index in [1.165, 1.54) is 6.42 Å². The van der Waals surface area contributed by atoms with Gasteiger partial charge in [0.1, 0.15) is 0 Å². The van der Waals surface area contributed by atoms with Gasteiger partial charge in [0.05, 0.1) is 12.7 Å². The summed E-state index contributed by atoms with van der Waals surface area (Å²) in [5.41, 5.74) is 0. The van der Waals surface area contributed by atoms with E-state index in [0.29, 0.717) is 5.92 Å². The minimum absolute atomic E-state index is 0.158. The molecule has 0 aromatic rings. The second-order valence-corrected chi connectivity index (χ2v) is 4.08. The van der Waals surface area contributed by atoms with Crippen LogP contribution in [0.25, 0.3) is 0 Å². The fourth-order valence-corrected chi connectivity index (χ4v) is 1.99. The molecule has 14 heavy (non-hydrogen) atoms. The van der Waals surface area contributed by atoms with Crippen molar-refractivity contribution >= 4 is 0 Å². The molecule has 0 spiro atoms. The van der Waals surface area contributed by atoms with Crippen molar-refractivity contribution in [2.24, 2.45) is 5.92 Å². The van der Waals surface area contributed by atoms with Gasteiger partial charge in [0.25, 0.3) is 0 Å². The Morgan fingerprint density at radius 1 is 1.43 bits per heavy atom. The summed E-state index contributed by atoms with van der Waals surface area (Å²) in [5.74, 6) is 0.315. The third kappa shape index (κ3) is 3.56. The van der Waals surface area contributed by atoms with E-state index >= 15 is 0 Å². The highest BCUT2D eigenvalue weighted by Gasteiger charge is 2.24. The minimum atomic E-state index is -0.158. The van der Waals surface area contributed by atoms with Gasteiger partial charge in [0.15, 0.2) is 0 Å². The van der Waals surface area contributed by atoms with Crippen LogP contribution in [-0.2, 0) is 4.74 Å². The quantitative estimate of drug-likeness (QED) is 0.723. The first-order valence-electron chi connectivity index (χ1n) is 5.76. The molecule has 0 aromatic heterocycles. The van der Waals surface area contributed by atoms with Gasteiger partial charge in [-0.25, -0.2) is 0 Å². The Morgan fingerprint density at radius 3 is 2.79 bits per heavy atom. The summed E-state index contributed by atoms with van der Waals surface area (Å²) in [6, 6.07) is 0. The Bertz CT molecular complexity index is 152. The Labute approximate surface area is 87.1 Å². The second-order valence-electron chi connectivity index (χ2n) is 4.08. The monoisotopic (exact) mass is 201 g/mol. The van der Waals surface area contributed by atoms with Gasteiger partial charge in [-0.15, -0.1) is 0 Å². The van der Waals surface area contributed by atoms with E-state index in [-0.39, 0.29) is 6.10 Å². The van der Waals surface area contributed by atoms with E-state index in [0.717, 1.165) is 39.3 Å². The van der Waals surface area contributed by atoms with Gasteiger partial charge >= 0.3 is 0 Å². The normalized spacial score (nSPS) is 28.3. The maximum Gasteiger partial charge on any atom is 0.0624 e. The molecule has 1 rings (SSSR count). The molecule has 0 bridgehead atoms. The standard InChI is InChI=1S/C11H23NO2/c1-3-6-12(4-2)8-10-9-14-7-5-11(10)13/h10-11,13H,3-9H2,1-2H3. The van der Waals surface area contributed by atoms with Gasteiger partial charge in [-0.1, -0.05) is 13.8 Å². The zero-order valence-corrected chi connectivity index (χ0v) is 9.41. The summed E-state index contributed by atoms with van der Waals surface area (Å²) in [4.78, 5) is 2.39. The summed E-state index contributed by atoms with van der Waals surface area (Å²) < 4.78 is 5.39. The molecule has 1 aliphatic rings. The molecule has 0 amide bonds. The summed E-state index contributed by atoms with van der Waals surface area (Å²) in [5, 5.41) is 9.77. The molecule has 84 valence electrons. The lowest BCUT2D eigenvalue weighted by Crippen LogP contribution is -2.41. The molecular formula is C11H23NO2. The lowest BCUT2D eigenvalue weighted by Gasteiger charge is -2.32. The SMILES string of the molecule is CCCN(CC)CC1COCCC1O. The smallest absolute Gasteiger partial charge is 0.0624 e. The molecule has 1 aliphatic heterocycles. The Morgan fingerprint density at radius 2 is 2.21 bits per heavy atom. The summed E-state index contributed by atoms with van der Waals surface area (Å²) in [6.45, 7) is 8.98. The topological polar surface area (TPSA) is 32.7 Å². The molecule has 1 N–H and O–H groups in total. The molecule has 0 aliphatic carbocycles.